The summed E-state index contributed by atoms with van der Waals surface area (Å²) in [4.78, 5) is 42.2. The zero-order chi connectivity index (χ0) is 18.6. The van der Waals surface area contributed by atoms with Crippen LogP contribution in [0.3, 0.4) is 0 Å². The molecule has 8 heteroatoms. The van der Waals surface area contributed by atoms with Crippen LogP contribution in [-0.2, 0) is 26.4 Å². The molecule has 2 amide bonds. The van der Waals surface area contributed by atoms with Crippen LogP contribution in [0.15, 0.2) is 0 Å². The first-order valence-corrected chi connectivity index (χ1v) is 8.77. The third-order valence-electron chi connectivity index (χ3n) is 5.35. The van der Waals surface area contributed by atoms with E-state index in [1.54, 1.807) is 16.6 Å². The molecule has 136 valence electrons. The lowest BCUT2D eigenvalue weighted by Gasteiger charge is -2.28. The van der Waals surface area contributed by atoms with Crippen molar-refractivity contribution < 1.29 is 14.4 Å². The number of amides is 2. The number of H-pyrrole nitrogens is 1. The summed E-state index contributed by atoms with van der Waals surface area (Å²) >= 11 is 0. The van der Waals surface area contributed by atoms with Crippen molar-refractivity contribution in [2.24, 2.45) is 12.8 Å². The Labute approximate surface area is 150 Å². The summed E-state index contributed by atoms with van der Waals surface area (Å²) in [5.74, 6) is -0.752. The van der Waals surface area contributed by atoms with Crippen LogP contribution in [0.25, 0.3) is 0 Å². The van der Waals surface area contributed by atoms with Gasteiger partial charge in [0.1, 0.15) is 0 Å². The van der Waals surface area contributed by atoms with Crippen LogP contribution in [0.1, 0.15) is 66.7 Å². The molecule has 2 aromatic heterocycles. The van der Waals surface area contributed by atoms with Gasteiger partial charge in [-0.3, -0.25) is 19.1 Å². The molecule has 0 fully saturated rings. The fraction of sp³-hybridized carbons (Fsp3) is 0.444. The average molecular weight is 355 g/mol. The van der Waals surface area contributed by atoms with Crippen molar-refractivity contribution in [3.05, 3.63) is 39.5 Å². The van der Waals surface area contributed by atoms with Crippen molar-refractivity contribution in [1.82, 2.24) is 19.7 Å². The zero-order valence-electron chi connectivity index (χ0n) is 14.9. The highest BCUT2D eigenvalue weighted by Gasteiger charge is 2.34. The Kier molecular flexibility index (Phi) is 3.71. The molecule has 2 aliphatic rings. The van der Waals surface area contributed by atoms with Crippen molar-refractivity contribution in [3.8, 4) is 0 Å². The number of carbonyl (C=O) groups is 3. The molecule has 3 heterocycles. The first kappa shape index (κ1) is 16.6. The van der Waals surface area contributed by atoms with E-state index in [-0.39, 0.29) is 23.9 Å². The van der Waals surface area contributed by atoms with Gasteiger partial charge >= 0.3 is 0 Å². The lowest BCUT2D eigenvalue weighted by atomic mass is 9.92. The minimum Gasteiger partial charge on any atom is -0.364 e. The van der Waals surface area contributed by atoms with E-state index in [1.807, 2.05) is 6.92 Å². The van der Waals surface area contributed by atoms with Gasteiger partial charge in [0.25, 0.3) is 11.8 Å². The Morgan fingerprint density at radius 1 is 1.23 bits per heavy atom. The number of hydrogen-bond donors (Lipinski definition) is 2. The van der Waals surface area contributed by atoms with Crippen LogP contribution < -0.4 is 5.73 Å². The number of aromatic amines is 1. The highest BCUT2D eigenvalue weighted by molar-refractivity contribution is 6.10. The molecule has 4 rings (SSSR count). The van der Waals surface area contributed by atoms with E-state index in [4.69, 9.17) is 5.73 Å². The number of rotatable bonds is 2. The van der Waals surface area contributed by atoms with Crippen molar-refractivity contribution in [3.63, 3.8) is 0 Å². The van der Waals surface area contributed by atoms with Gasteiger partial charge in [0.15, 0.2) is 11.5 Å². The molecule has 0 spiro atoms. The molecule has 0 unspecified atom stereocenters. The van der Waals surface area contributed by atoms with Gasteiger partial charge in [-0.15, -0.1) is 0 Å². The molecule has 2 aromatic rings. The van der Waals surface area contributed by atoms with Crippen molar-refractivity contribution in [2.75, 3.05) is 6.54 Å². The van der Waals surface area contributed by atoms with E-state index in [9.17, 15) is 14.4 Å². The third kappa shape index (κ3) is 2.36. The molecule has 8 nitrogen and oxygen atoms in total. The topological polar surface area (TPSA) is 114 Å². The van der Waals surface area contributed by atoms with Gasteiger partial charge in [-0.05, 0) is 19.8 Å². The summed E-state index contributed by atoms with van der Waals surface area (Å²) < 4.78 is 1.66. The number of primary amides is 1. The van der Waals surface area contributed by atoms with Gasteiger partial charge < -0.3 is 15.6 Å². The van der Waals surface area contributed by atoms with Crippen molar-refractivity contribution in [2.45, 2.75) is 39.2 Å². The summed E-state index contributed by atoms with van der Waals surface area (Å²) in [7, 11) is 1.77. The first-order chi connectivity index (χ1) is 12.4. The molecule has 0 radical (unpaired) electrons. The van der Waals surface area contributed by atoms with Crippen LogP contribution in [0.5, 0.6) is 0 Å². The molecular weight excluding hydrogens is 334 g/mol. The molecular formula is C18H21N5O3. The molecule has 0 aromatic carbocycles. The number of nitrogens with one attached hydrogen (secondary N) is 1. The molecule has 0 saturated carbocycles. The number of fused-ring (bicyclic) bond motifs is 2. The molecule has 0 atom stereocenters. The summed E-state index contributed by atoms with van der Waals surface area (Å²) in [6, 6.07) is 0. The number of Topliss-reactive ketones (excluding diaryl/α,β-unsaturated/α-hetero) is 1. The monoisotopic (exact) mass is 355 g/mol. The first-order valence-electron chi connectivity index (χ1n) is 8.77. The molecule has 26 heavy (non-hydrogen) atoms. The summed E-state index contributed by atoms with van der Waals surface area (Å²) in [6.45, 7) is 2.61. The van der Waals surface area contributed by atoms with E-state index < -0.39 is 5.91 Å². The highest BCUT2D eigenvalue weighted by Crippen LogP contribution is 2.30. The second-order valence-corrected chi connectivity index (χ2v) is 6.99. The van der Waals surface area contributed by atoms with Gasteiger partial charge in [-0.2, -0.15) is 5.10 Å². The van der Waals surface area contributed by atoms with Crippen LogP contribution in [0.2, 0.25) is 0 Å². The van der Waals surface area contributed by atoms with Crippen LogP contribution in [0, 0.1) is 6.92 Å². The normalized spacial score (nSPS) is 16.4. The molecule has 0 bridgehead atoms. The molecule has 3 N–H and O–H groups in total. The van der Waals surface area contributed by atoms with E-state index in [2.05, 4.69) is 10.1 Å². The predicted octanol–water partition coefficient (Wildman–Crippen LogP) is 0.873. The molecule has 0 saturated heterocycles. The number of nitrogens with zero attached hydrogens (tertiary/aromatic N) is 3. The van der Waals surface area contributed by atoms with Gasteiger partial charge in [0.2, 0.25) is 0 Å². The number of aromatic nitrogens is 3. The van der Waals surface area contributed by atoms with Gasteiger partial charge in [-0.25, -0.2) is 0 Å². The second kappa shape index (κ2) is 5.82. The number of aryl methyl sites for hydroxylation is 3. The van der Waals surface area contributed by atoms with E-state index >= 15 is 0 Å². The summed E-state index contributed by atoms with van der Waals surface area (Å²) in [5, 5.41) is 4.19. The number of carbonyl (C=O) groups excluding carboxylic acids is 3. The lowest BCUT2D eigenvalue weighted by molar-refractivity contribution is 0.0725. The highest BCUT2D eigenvalue weighted by atomic mass is 16.2. The number of ketones is 1. The largest absolute Gasteiger partial charge is 0.364 e. The van der Waals surface area contributed by atoms with Crippen molar-refractivity contribution in [1.29, 1.82) is 0 Å². The van der Waals surface area contributed by atoms with Gasteiger partial charge in [0, 0.05) is 49.1 Å². The van der Waals surface area contributed by atoms with E-state index in [1.165, 1.54) is 0 Å². The Morgan fingerprint density at radius 2 is 2.00 bits per heavy atom. The number of hydrogen-bond acceptors (Lipinski definition) is 4. The van der Waals surface area contributed by atoms with Crippen LogP contribution >= 0.6 is 0 Å². The summed E-state index contributed by atoms with van der Waals surface area (Å²) in [6.07, 6.45) is 2.67. The Hall–Kier alpha value is -2.90. The Balaban J connectivity index is 1.71. The quantitative estimate of drug-likeness (QED) is 0.832. The Bertz CT molecular complexity index is 953. The minimum absolute atomic E-state index is 0.0239. The predicted molar refractivity (Wildman–Crippen MR) is 93.0 cm³/mol. The maximum absolute atomic E-state index is 13.2. The lowest BCUT2D eigenvalue weighted by Crippen LogP contribution is -2.37. The fourth-order valence-corrected chi connectivity index (χ4v) is 4.12. The van der Waals surface area contributed by atoms with Crippen molar-refractivity contribution >= 4 is 17.6 Å². The standard InChI is InChI=1S/C18H21N5O3/c1-9-14(15-11(20-9)4-3-5-13(15)24)18(26)23-7-6-12-10(8-23)16(17(19)25)21-22(12)2/h20H,3-8H2,1-2H3,(H2,19,25). The van der Waals surface area contributed by atoms with E-state index in [0.29, 0.717) is 36.1 Å². The summed E-state index contributed by atoms with van der Waals surface area (Å²) in [5.41, 5.74) is 9.87. The third-order valence-corrected chi connectivity index (χ3v) is 5.35. The van der Waals surface area contributed by atoms with Crippen LogP contribution in [-0.4, -0.2) is 43.8 Å². The molecule has 1 aliphatic heterocycles. The maximum atomic E-state index is 13.2. The SMILES string of the molecule is Cc1[nH]c2c(c1C(=O)N1CCc3c(c(C(N)=O)nn3C)C1)C(=O)CCC2. The van der Waals surface area contributed by atoms with Crippen LogP contribution in [0.4, 0.5) is 0 Å². The maximum Gasteiger partial charge on any atom is 0.269 e. The average Bonchev–Trinajstić information content (AvgIpc) is 3.12. The Morgan fingerprint density at radius 3 is 2.73 bits per heavy atom. The van der Waals surface area contributed by atoms with E-state index in [0.717, 1.165) is 29.9 Å². The smallest absolute Gasteiger partial charge is 0.269 e. The zero-order valence-corrected chi connectivity index (χ0v) is 14.9. The number of nitrogens with two attached hydrogens (primary N) is 1. The minimum atomic E-state index is -0.596. The fourth-order valence-electron chi connectivity index (χ4n) is 4.12. The van der Waals surface area contributed by atoms with Gasteiger partial charge in [-0.1, -0.05) is 0 Å². The second-order valence-electron chi connectivity index (χ2n) is 6.99. The molecule has 1 aliphatic carbocycles. The van der Waals surface area contributed by atoms with Gasteiger partial charge in [0.05, 0.1) is 17.7 Å².